The van der Waals surface area contributed by atoms with E-state index in [4.69, 9.17) is 0 Å². The first kappa shape index (κ1) is 33.2. The molecule has 1 aromatic rings. The minimum atomic E-state index is 1.18. The van der Waals surface area contributed by atoms with E-state index in [2.05, 4.69) is 42.3 Å². The van der Waals surface area contributed by atoms with Gasteiger partial charge in [-0.05, 0) is 25.7 Å². The second-order valence-corrected chi connectivity index (χ2v) is 11.6. The summed E-state index contributed by atoms with van der Waals surface area (Å²) in [4.78, 5) is 0. The van der Waals surface area contributed by atoms with Crippen molar-refractivity contribution in [1.29, 1.82) is 0 Å². The van der Waals surface area contributed by atoms with E-state index >= 15 is 0 Å². The highest BCUT2D eigenvalue weighted by Gasteiger charge is 2.15. The zero-order valence-corrected chi connectivity index (χ0v) is 25.3. The summed E-state index contributed by atoms with van der Waals surface area (Å²) in [6, 6.07) is 0. The lowest BCUT2D eigenvalue weighted by Crippen LogP contribution is -2.37. The molecule has 212 valence electrons. The van der Waals surface area contributed by atoms with Crippen LogP contribution in [0.4, 0.5) is 0 Å². The highest BCUT2D eigenvalue weighted by molar-refractivity contribution is 4.84. The molecule has 0 spiro atoms. The number of unbranched alkanes of at least 4 members (excludes halogenated alkanes) is 22. The Labute approximate surface area is 228 Å². The van der Waals surface area contributed by atoms with E-state index in [1.807, 2.05) is 0 Å². The summed E-state index contributed by atoms with van der Waals surface area (Å²) < 4.78 is 5.12. The molecule has 0 fully saturated rings. The minimum Gasteiger partial charge on any atom is -0.234 e. The average molecular weight is 504 g/mol. The van der Waals surface area contributed by atoms with Crippen LogP contribution in [0.2, 0.25) is 0 Å². The standard InChI is InChI=1S/C34H67N2/c1-4-7-9-11-13-15-16-17-18-19-20-21-23-25-27-29-34-35(30-6-3)32-33-36(34)31-28-26-24-22-14-12-10-8-5-2/h32-33H,4-31H2,1-3H3/q+1. The van der Waals surface area contributed by atoms with Crippen LogP contribution in [0.3, 0.4) is 0 Å². The second kappa shape index (κ2) is 25.8. The number of nitrogens with zero attached hydrogens (tertiary/aromatic N) is 2. The van der Waals surface area contributed by atoms with Crippen molar-refractivity contribution in [2.45, 2.75) is 201 Å². The van der Waals surface area contributed by atoms with E-state index in [1.54, 1.807) is 5.82 Å². The summed E-state index contributed by atoms with van der Waals surface area (Å²) in [6.07, 6.45) is 41.6. The molecule has 36 heavy (non-hydrogen) atoms. The van der Waals surface area contributed by atoms with Crippen LogP contribution < -0.4 is 4.57 Å². The summed E-state index contributed by atoms with van der Waals surface area (Å²) >= 11 is 0. The molecule has 1 aromatic heterocycles. The van der Waals surface area contributed by atoms with Gasteiger partial charge in [0.2, 0.25) is 0 Å². The van der Waals surface area contributed by atoms with E-state index in [-0.39, 0.29) is 0 Å². The van der Waals surface area contributed by atoms with Crippen LogP contribution in [-0.2, 0) is 19.5 Å². The van der Waals surface area contributed by atoms with Crippen LogP contribution in [0.5, 0.6) is 0 Å². The monoisotopic (exact) mass is 504 g/mol. The quantitative estimate of drug-likeness (QED) is 0.0794. The van der Waals surface area contributed by atoms with E-state index in [0.29, 0.717) is 0 Å². The minimum absolute atomic E-state index is 1.18. The van der Waals surface area contributed by atoms with Crippen LogP contribution in [0, 0.1) is 0 Å². The number of imidazole rings is 1. The van der Waals surface area contributed by atoms with Gasteiger partial charge in [0.1, 0.15) is 12.4 Å². The molecule has 0 bridgehead atoms. The summed E-state index contributed by atoms with van der Waals surface area (Å²) in [5, 5.41) is 0. The maximum Gasteiger partial charge on any atom is 0.256 e. The predicted molar refractivity (Wildman–Crippen MR) is 161 cm³/mol. The van der Waals surface area contributed by atoms with Crippen molar-refractivity contribution in [3.05, 3.63) is 18.2 Å². The molecule has 0 unspecified atom stereocenters. The third-order valence-corrected chi connectivity index (χ3v) is 8.06. The Morgan fingerprint density at radius 1 is 0.472 bits per heavy atom. The van der Waals surface area contributed by atoms with Crippen LogP contribution in [0.15, 0.2) is 12.4 Å². The van der Waals surface area contributed by atoms with Crippen LogP contribution in [0.25, 0.3) is 0 Å². The molecule has 0 saturated carbocycles. The van der Waals surface area contributed by atoms with Crippen LogP contribution in [-0.4, -0.2) is 4.57 Å². The van der Waals surface area contributed by atoms with Gasteiger partial charge >= 0.3 is 0 Å². The largest absolute Gasteiger partial charge is 0.256 e. The summed E-state index contributed by atoms with van der Waals surface area (Å²) in [5.74, 6) is 1.59. The zero-order valence-electron chi connectivity index (χ0n) is 25.3. The molecule has 0 N–H and O–H groups in total. The van der Waals surface area contributed by atoms with Gasteiger partial charge in [0.15, 0.2) is 0 Å². The highest BCUT2D eigenvalue weighted by Crippen LogP contribution is 2.14. The molecule has 0 aliphatic rings. The lowest BCUT2D eigenvalue weighted by Gasteiger charge is -2.06. The molecule has 2 heteroatoms. The van der Waals surface area contributed by atoms with Crippen molar-refractivity contribution in [2.24, 2.45) is 0 Å². The zero-order chi connectivity index (χ0) is 25.9. The molecule has 2 nitrogen and oxygen atoms in total. The van der Waals surface area contributed by atoms with Gasteiger partial charge in [0.25, 0.3) is 5.82 Å². The number of aryl methyl sites for hydroxylation is 2. The van der Waals surface area contributed by atoms with Crippen molar-refractivity contribution in [3.63, 3.8) is 0 Å². The molecular formula is C34H67N2+. The van der Waals surface area contributed by atoms with Crippen molar-refractivity contribution in [2.75, 3.05) is 0 Å². The molecule has 0 saturated heterocycles. The molecule has 0 amide bonds. The molecule has 1 heterocycles. The van der Waals surface area contributed by atoms with Crippen LogP contribution >= 0.6 is 0 Å². The first-order valence-corrected chi connectivity index (χ1v) is 16.9. The van der Waals surface area contributed by atoms with Gasteiger partial charge in [-0.1, -0.05) is 156 Å². The number of rotatable bonds is 28. The molecular weight excluding hydrogens is 436 g/mol. The Bertz CT molecular complexity index is 562. The Morgan fingerprint density at radius 3 is 1.28 bits per heavy atom. The second-order valence-electron chi connectivity index (χ2n) is 11.6. The third-order valence-electron chi connectivity index (χ3n) is 8.06. The lowest BCUT2D eigenvalue weighted by atomic mass is 10.0. The summed E-state index contributed by atoms with van der Waals surface area (Å²) in [5.41, 5.74) is 0. The first-order valence-electron chi connectivity index (χ1n) is 16.9. The van der Waals surface area contributed by atoms with Crippen molar-refractivity contribution < 1.29 is 4.57 Å². The SMILES string of the molecule is CCCCCCCCCCCCCCCCCc1n(CCC)cc[n+]1CCCCCCCCCCC. The summed E-state index contributed by atoms with van der Waals surface area (Å²) in [7, 11) is 0. The van der Waals surface area contributed by atoms with Gasteiger partial charge in [0, 0.05) is 6.42 Å². The van der Waals surface area contributed by atoms with E-state index < -0.39 is 0 Å². The summed E-state index contributed by atoms with van der Waals surface area (Å²) in [6.45, 7) is 9.32. The van der Waals surface area contributed by atoms with Crippen molar-refractivity contribution >= 4 is 0 Å². The molecule has 0 aromatic carbocycles. The van der Waals surface area contributed by atoms with Crippen LogP contribution in [0.1, 0.15) is 187 Å². The number of aromatic nitrogens is 2. The molecule has 0 aliphatic carbocycles. The van der Waals surface area contributed by atoms with Gasteiger partial charge in [-0.25, -0.2) is 9.13 Å². The highest BCUT2D eigenvalue weighted by atomic mass is 15.1. The Morgan fingerprint density at radius 2 is 0.861 bits per heavy atom. The molecule has 0 aliphatic heterocycles. The van der Waals surface area contributed by atoms with Gasteiger partial charge in [0.05, 0.1) is 13.1 Å². The topological polar surface area (TPSA) is 8.81 Å². The predicted octanol–water partition coefficient (Wildman–Crippen LogP) is 11.1. The molecule has 1 rings (SSSR count). The average Bonchev–Trinajstić information content (AvgIpc) is 3.26. The molecule has 0 atom stereocenters. The van der Waals surface area contributed by atoms with E-state index in [9.17, 15) is 0 Å². The Kier molecular flexibility index (Phi) is 23.9. The Balaban J connectivity index is 2.07. The van der Waals surface area contributed by atoms with Crippen molar-refractivity contribution in [1.82, 2.24) is 4.57 Å². The lowest BCUT2D eigenvalue weighted by molar-refractivity contribution is -0.704. The maximum atomic E-state index is 2.58. The van der Waals surface area contributed by atoms with Gasteiger partial charge in [-0.15, -0.1) is 0 Å². The normalized spacial score (nSPS) is 11.5. The van der Waals surface area contributed by atoms with E-state index in [1.165, 1.54) is 180 Å². The third kappa shape index (κ3) is 18.5. The van der Waals surface area contributed by atoms with Crippen molar-refractivity contribution in [3.8, 4) is 0 Å². The Hall–Kier alpha value is -0.790. The van der Waals surface area contributed by atoms with Gasteiger partial charge in [-0.3, -0.25) is 0 Å². The number of hydrogen-bond acceptors (Lipinski definition) is 0. The van der Waals surface area contributed by atoms with Gasteiger partial charge < -0.3 is 0 Å². The maximum absolute atomic E-state index is 2.58. The fraction of sp³-hybridized carbons (Fsp3) is 0.912. The van der Waals surface area contributed by atoms with Gasteiger partial charge in [-0.2, -0.15) is 0 Å². The number of hydrogen-bond donors (Lipinski definition) is 0. The van der Waals surface area contributed by atoms with E-state index in [0.717, 1.165) is 0 Å². The fourth-order valence-corrected chi connectivity index (χ4v) is 5.68. The smallest absolute Gasteiger partial charge is 0.234 e. The first-order chi connectivity index (χ1) is 17.8. The molecule has 0 radical (unpaired) electrons. The fourth-order valence-electron chi connectivity index (χ4n) is 5.68.